The summed E-state index contributed by atoms with van der Waals surface area (Å²) in [5.41, 5.74) is 1.57. The van der Waals surface area contributed by atoms with E-state index >= 15 is 0 Å². The fourth-order valence-corrected chi connectivity index (χ4v) is 6.10. The molecule has 0 amide bonds. The molecule has 0 N–H and O–H groups in total. The van der Waals surface area contributed by atoms with Crippen molar-refractivity contribution < 1.29 is 17.9 Å². The second-order valence-corrected chi connectivity index (χ2v) is 12.4. The zero-order chi connectivity index (χ0) is 25.1. The highest BCUT2D eigenvalue weighted by Gasteiger charge is 2.27. The van der Waals surface area contributed by atoms with E-state index in [4.69, 9.17) is 14.5 Å². The van der Waals surface area contributed by atoms with Crippen molar-refractivity contribution in [1.82, 2.24) is 14.5 Å². The van der Waals surface area contributed by atoms with Crippen molar-refractivity contribution in [3.05, 3.63) is 42.4 Å². The minimum absolute atomic E-state index is 0.146. The van der Waals surface area contributed by atoms with E-state index in [-0.39, 0.29) is 21.1 Å². The maximum absolute atomic E-state index is 13.5. The Hall–Kier alpha value is -2.45. The first-order chi connectivity index (χ1) is 16.7. The molecule has 1 aliphatic rings. The molecular formula is C27H37N3O4S. The van der Waals surface area contributed by atoms with E-state index in [1.165, 1.54) is 50.4 Å². The van der Waals surface area contributed by atoms with Crippen LogP contribution >= 0.6 is 0 Å². The van der Waals surface area contributed by atoms with Crippen LogP contribution < -0.4 is 4.74 Å². The van der Waals surface area contributed by atoms with E-state index in [0.29, 0.717) is 25.6 Å². The van der Waals surface area contributed by atoms with Gasteiger partial charge in [0.25, 0.3) is 0 Å². The van der Waals surface area contributed by atoms with Gasteiger partial charge in [-0.1, -0.05) is 40.0 Å². The molecule has 1 saturated carbocycles. The quantitative estimate of drug-likeness (QED) is 0.359. The number of imidazole rings is 1. The van der Waals surface area contributed by atoms with Gasteiger partial charge in [-0.3, -0.25) is 0 Å². The molecule has 1 aliphatic carbocycles. The van der Waals surface area contributed by atoms with E-state index in [1.54, 1.807) is 19.2 Å². The SMILES string of the molecule is COCCCOc1cc(S(=O)(=O)c2ccc3c(c2)nc(C(C)(C)C)n3CC2CCCCC2)ccn1. The van der Waals surface area contributed by atoms with Crippen LogP contribution in [0, 0.1) is 5.92 Å². The molecule has 2 heterocycles. The number of nitrogens with zero attached hydrogens (tertiary/aromatic N) is 3. The molecule has 0 saturated heterocycles. The van der Waals surface area contributed by atoms with Gasteiger partial charge in [-0.15, -0.1) is 0 Å². The van der Waals surface area contributed by atoms with E-state index in [0.717, 1.165) is 23.4 Å². The molecule has 8 heteroatoms. The topological polar surface area (TPSA) is 83.3 Å². The highest BCUT2D eigenvalue weighted by molar-refractivity contribution is 7.91. The minimum atomic E-state index is -3.75. The summed E-state index contributed by atoms with van der Waals surface area (Å²) in [6.07, 6.45) is 8.55. The zero-order valence-corrected chi connectivity index (χ0v) is 22.1. The van der Waals surface area contributed by atoms with Crippen LogP contribution in [0.2, 0.25) is 0 Å². The average Bonchev–Trinajstić information content (AvgIpc) is 3.21. The van der Waals surface area contributed by atoms with Crippen LogP contribution in [0.5, 0.6) is 5.88 Å². The third-order valence-electron chi connectivity index (χ3n) is 6.63. The summed E-state index contributed by atoms with van der Waals surface area (Å²) in [7, 11) is -2.12. The molecule has 0 bridgehead atoms. The van der Waals surface area contributed by atoms with E-state index in [2.05, 4.69) is 30.3 Å². The number of pyridine rings is 1. The highest BCUT2D eigenvalue weighted by atomic mass is 32.2. The summed E-state index contributed by atoms with van der Waals surface area (Å²) in [5.74, 6) is 1.93. The van der Waals surface area contributed by atoms with E-state index in [1.807, 2.05) is 6.07 Å². The standard InChI is InChI=1S/C27H37N3O4S/c1-27(2,3)26-29-23-17-21(11-12-24(23)30(26)19-20-9-6-5-7-10-20)35(31,32)22-13-14-28-25(18-22)34-16-8-15-33-4/h11-14,17-18,20H,5-10,15-16,19H2,1-4H3. The van der Waals surface area contributed by atoms with Crippen molar-refractivity contribution in [2.75, 3.05) is 20.3 Å². The molecular weight excluding hydrogens is 462 g/mol. The minimum Gasteiger partial charge on any atom is -0.478 e. The predicted molar refractivity (Wildman–Crippen MR) is 137 cm³/mol. The van der Waals surface area contributed by atoms with Gasteiger partial charge in [0.15, 0.2) is 0 Å². The summed E-state index contributed by atoms with van der Waals surface area (Å²) in [6, 6.07) is 8.30. The van der Waals surface area contributed by atoms with Gasteiger partial charge in [0, 0.05) is 44.4 Å². The largest absolute Gasteiger partial charge is 0.478 e. The van der Waals surface area contributed by atoms with Gasteiger partial charge in [0.05, 0.1) is 27.4 Å². The predicted octanol–water partition coefficient (Wildman–Crippen LogP) is 5.56. The second kappa shape index (κ2) is 10.7. The molecule has 1 fully saturated rings. The zero-order valence-electron chi connectivity index (χ0n) is 21.3. The maximum atomic E-state index is 13.5. The molecule has 1 aromatic carbocycles. The normalized spacial score (nSPS) is 15.5. The summed E-state index contributed by atoms with van der Waals surface area (Å²) >= 11 is 0. The molecule has 0 radical (unpaired) electrons. The van der Waals surface area contributed by atoms with Gasteiger partial charge in [0.1, 0.15) is 5.82 Å². The van der Waals surface area contributed by atoms with Crippen molar-refractivity contribution >= 4 is 20.9 Å². The summed E-state index contributed by atoms with van der Waals surface area (Å²) < 4.78 is 39.9. The van der Waals surface area contributed by atoms with Gasteiger partial charge < -0.3 is 14.0 Å². The van der Waals surface area contributed by atoms with Gasteiger partial charge in [-0.05, 0) is 43.0 Å². The average molecular weight is 500 g/mol. The number of ether oxygens (including phenoxy) is 2. The lowest BCUT2D eigenvalue weighted by atomic mass is 9.88. The third kappa shape index (κ3) is 5.86. The number of benzene rings is 1. The number of hydrogen-bond donors (Lipinski definition) is 0. The highest BCUT2D eigenvalue weighted by Crippen LogP contribution is 2.33. The van der Waals surface area contributed by atoms with Crippen molar-refractivity contribution in [3.63, 3.8) is 0 Å². The van der Waals surface area contributed by atoms with Gasteiger partial charge >= 0.3 is 0 Å². The van der Waals surface area contributed by atoms with Gasteiger partial charge in [-0.2, -0.15) is 0 Å². The lowest BCUT2D eigenvalue weighted by Crippen LogP contribution is -2.22. The number of hydrogen-bond acceptors (Lipinski definition) is 6. The molecule has 2 aromatic heterocycles. The van der Waals surface area contributed by atoms with Crippen LogP contribution in [0.15, 0.2) is 46.3 Å². The van der Waals surface area contributed by atoms with Crippen molar-refractivity contribution in [1.29, 1.82) is 0 Å². The molecule has 0 spiro atoms. The molecule has 7 nitrogen and oxygen atoms in total. The first-order valence-corrected chi connectivity index (χ1v) is 14.0. The number of sulfone groups is 1. The number of fused-ring (bicyclic) bond motifs is 1. The summed E-state index contributed by atoms with van der Waals surface area (Å²) in [5, 5.41) is 0. The monoisotopic (exact) mass is 499 g/mol. The Morgan fingerprint density at radius 2 is 1.77 bits per heavy atom. The lowest BCUT2D eigenvalue weighted by molar-refractivity contribution is 0.170. The van der Waals surface area contributed by atoms with Crippen LogP contribution in [-0.2, 0) is 26.5 Å². The molecule has 35 heavy (non-hydrogen) atoms. The number of aromatic nitrogens is 3. The Balaban J connectivity index is 1.66. The van der Waals surface area contributed by atoms with Crippen molar-refractivity contribution in [2.24, 2.45) is 5.92 Å². The Kier molecular flexibility index (Phi) is 7.81. The maximum Gasteiger partial charge on any atom is 0.214 e. The Labute approximate surface area is 208 Å². The molecule has 0 aliphatic heterocycles. The van der Waals surface area contributed by atoms with Crippen LogP contribution in [0.25, 0.3) is 11.0 Å². The first-order valence-electron chi connectivity index (χ1n) is 12.5. The fourth-order valence-electron chi connectivity index (χ4n) is 4.82. The third-order valence-corrected chi connectivity index (χ3v) is 8.37. The Morgan fingerprint density at radius 3 is 2.49 bits per heavy atom. The fraction of sp³-hybridized carbons (Fsp3) is 0.556. The number of rotatable bonds is 9. The van der Waals surface area contributed by atoms with Gasteiger partial charge in [0.2, 0.25) is 15.7 Å². The van der Waals surface area contributed by atoms with Crippen molar-refractivity contribution in [2.45, 2.75) is 81.0 Å². The van der Waals surface area contributed by atoms with Gasteiger partial charge in [-0.25, -0.2) is 18.4 Å². The van der Waals surface area contributed by atoms with Crippen molar-refractivity contribution in [3.8, 4) is 5.88 Å². The number of methoxy groups -OCH3 is 1. The van der Waals surface area contributed by atoms with Crippen LogP contribution in [-0.4, -0.2) is 43.3 Å². The molecule has 3 aromatic rings. The first kappa shape index (κ1) is 25.6. The molecule has 190 valence electrons. The summed E-state index contributed by atoms with van der Waals surface area (Å²) in [6.45, 7) is 8.40. The smallest absolute Gasteiger partial charge is 0.214 e. The van der Waals surface area contributed by atoms with E-state index < -0.39 is 9.84 Å². The Bertz CT molecular complexity index is 1260. The van der Waals surface area contributed by atoms with E-state index in [9.17, 15) is 8.42 Å². The van der Waals surface area contributed by atoms with Crippen LogP contribution in [0.4, 0.5) is 0 Å². The molecule has 4 rings (SSSR count). The lowest BCUT2D eigenvalue weighted by Gasteiger charge is -2.26. The Morgan fingerprint density at radius 1 is 1.03 bits per heavy atom. The van der Waals surface area contributed by atoms with Crippen LogP contribution in [0.3, 0.4) is 0 Å². The second-order valence-electron chi connectivity index (χ2n) is 10.5. The molecule has 0 unspecified atom stereocenters. The summed E-state index contributed by atoms with van der Waals surface area (Å²) in [4.78, 5) is 9.48. The van der Waals surface area contributed by atoms with Crippen LogP contribution in [0.1, 0.15) is 65.1 Å². The molecule has 0 atom stereocenters.